The molecule has 1 aromatic carbocycles. The van der Waals surface area contributed by atoms with Crippen molar-refractivity contribution >= 4 is 17.7 Å². The SMILES string of the molecule is CSCCCNC(=NCc1nnc(C)n1C)NCC1Cc2ccccc2O1. The smallest absolute Gasteiger partial charge is 0.191 e. The van der Waals surface area contributed by atoms with Gasteiger partial charge >= 0.3 is 0 Å². The highest BCUT2D eigenvalue weighted by Gasteiger charge is 2.22. The number of nitrogens with one attached hydrogen (secondary N) is 2. The minimum absolute atomic E-state index is 0.123. The molecule has 0 saturated carbocycles. The van der Waals surface area contributed by atoms with Gasteiger partial charge in [0.05, 0.1) is 6.54 Å². The molecule has 27 heavy (non-hydrogen) atoms. The molecule has 0 radical (unpaired) electrons. The summed E-state index contributed by atoms with van der Waals surface area (Å²) in [6.07, 6.45) is 4.26. The van der Waals surface area contributed by atoms with Gasteiger partial charge in [-0.3, -0.25) is 0 Å². The van der Waals surface area contributed by atoms with E-state index in [0.29, 0.717) is 13.1 Å². The molecule has 1 aromatic heterocycles. The second kappa shape index (κ2) is 9.64. The Balaban J connectivity index is 1.56. The van der Waals surface area contributed by atoms with Gasteiger partial charge in [-0.15, -0.1) is 10.2 Å². The Bertz CT molecular complexity index is 750. The topological polar surface area (TPSA) is 76.4 Å². The maximum absolute atomic E-state index is 6.01. The van der Waals surface area contributed by atoms with Crippen LogP contribution in [-0.4, -0.2) is 51.9 Å². The lowest BCUT2D eigenvalue weighted by Gasteiger charge is -2.16. The van der Waals surface area contributed by atoms with Crippen molar-refractivity contribution in [3.05, 3.63) is 41.5 Å². The van der Waals surface area contributed by atoms with Gasteiger partial charge in [-0.25, -0.2) is 4.99 Å². The van der Waals surface area contributed by atoms with Gasteiger partial charge < -0.3 is 19.9 Å². The highest BCUT2D eigenvalue weighted by atomic mass is 32.2. The Morgan fingerprint density at radius 2 is 2.19 bits per heavy atom. The molecule has 0 spiro atoms. The van der Waals surface area contributed by atoms with Crippen LogP contribution in [-0.2, 0) is 20.0 Å². The van der Waals surface area contributed by atoms with Crippen LogP contribution in [0, 0.1) is 6.92 Å². The third kappa shape index (κ3) is 5.38. The molecule has 3 rings (SSSR count). The third-order valence-corrected chi connectivity index (χ3v) is 5.29. The van der Waals surface area contributed by atoms with Gasteiger partial charge in [0.2, 0.25) is 0 Å². The monoisotopic (exact) mass is 388 g/mol. The van der Waals surface area contributed by atoms with E-state index in [0.717, 1.165) is 48.5 Å². The Hall–Kier alpha value is -2.22. The number of para-hydroxylation sites is 1. The number of hydrogen-bond acceptors (Lipinski definition) is 5. The molecule has 7 nitrogen and oxygen atoms in total. The van der Waals surface area contributed by atoms with E-state index in [1.54, 1.807) is 0 Å². The Labute approximate surface area is 165 Å². The van der Waals surface area contributed by atoms with Crippen molar-refractivity contribution in [1.29, 1.82) is 0 Å². The van der Waals surface area contributed by atoms with Crippen LogP contribution in [0.4, 0.5) is 0 Å². The summed E-state index contributed by atoms with van der Waals surface area (Å²) in [5, 5.41) is 15.1. The first kappa shape index (κ1) is 19.5. The maximum Gasteiger partial charge on any atom is 0.191 e. The van der Waals surface area contributed by atoms with Crippen LogP contribution in [0.2, 0.25) is 0 Å². The molecule has 0 saturated heterocycles. The minimum Gasteiger partial charge on any atom is -0.488 e. The summed E-state index contributed by atoms with van der Waals surface area (Å²) in [5.41, 5.74) is 1.27. The summed E-state index contributed by atoms with van der Waals surface area (Å²) in [6.45, 7) is 4.02. The lowest BCUT2D eigenvalue weighted by molar-refractivity contribution is 0.235. The van der Waals surface area contributed by atoms with Gasteiger partial charge in [0, 0.05) is 20.0 Å². The van der Waals surface area contributed by atoms with Crippen LogP contribution in [0.3, 0.4) is 0 Å². The van der Waals surface area contributed by atoms with E-state index in [2.05, 4.69) is 44.2 Å². The first-order valence-electron chi connectivity index (χ1n) is 9.28. The highest BCUT2D eigenvalue weighted by Crippen LogP contribution is 2.27. The number of aryl methyl sites for hydroxylation is 1. The predicted molar refractivity (Wildman–Crippen MR) is 110 cm³/mol. The average molecular weight is 389 g/mol. The second-order valence-electron chi connectivity index (χ2n) is 6.59. The second-order valence-corrected chi connectivity index (χ2v) is 7.58. The number of aliphatic imine (C=N–C) groups is 1. The van der Waals surface area contributed by atoms with E-state index in [9.17, 15) is 0 Å². The lowest BCUT2D eigenvalue weighted by atomic mass is 10.1. The summed E-state index contributed by atoms with van der Waals surface area (Å²) in [6, 6.07) is 8.22. The molecule has 1 aliphatic rings. The fourth-order valence-corrected chi connectivity index (χ4v) is 3.35. The van der Waals surface area contributed by atoms with Crippen molar-refractivity contribution in [2.75, 3.05) is 25.1 Å². The standard InChI is InChI=1S/C19H28N6OS/c1-14-23-24-18(25(14)2)13-22-19(20-9-6-10-27-3)21-12-16-11-15-7-4-5-8-17(15)26-16/h4-5,7-8,16H,6,9-13H2,1-3H3,(H2,20,21,22). The van der Waals surface area contributed by atoms with E-state index in [1.807, 2.05) is 42.4 Å². The molecule has 0 aliphatic carbocycles. The van der Waals surface area contributed by atoms with Crippen LogP contribution in [0.25, 0.3) is 0 Å². The zero-order valence-corrected chi connectivity index (χ0v) is 17.1. The molecule has 0 amide bonds. The summed E-state index contributed by atoms with van der Waals surface area (Å²) in [7, 11) is 1.96. The van der Waals surface area contributed by atoms with Crippen LogP contribution in [0.15, 0.2) is 29.3 Å². The summed E-state index contributed by atoms with van der Waals surface area (Å²) >= 11 is 1.85. The number of hydrogen-bond donors (Lipinski definition) is 2. The zero-order chi connectivity index (χ0) is 19.1. The molecule has 1 atom stereocenters. The third-order valence-electron chi connectivity index (χ3n) is 4.59. The van der Waals surface area contributed by atoms with Crippen LogP contribution in [0.1, 0.15) is 23.6 Å². The van der Waals surface area contributed by atoms with Crippen molar-refractivity contribution in [3.8, 4) is 5.75 Å². The number of benzene rings is 1. The molecule has 2 heterocycles. The number of aromatic nitrogens is 3. The Morgan fingerprint density at radius 3 is 2.93 bits per heavy atom. The predicted octanol–water partition coefficient (Wildman–Crippen LogP) is 1.92. The number of nitrogens with zero attached hydrogens (tertiary/aromatic N) is 4. The first-order chi connectivity index (χ1) is 13.2. The van der Waals surface area contributed by atoms with E-state index < -0.39 is 0 Å². The number of ether oxygens (including phenoxy) is 1. The van der Waals surface area contributed by atoms with Crippen molar-refractivity contribution in [2.24, 2.45) is 12.0 Å². The van der Waals surface area contributed by atoms with E-state index in [4.69, 9.17) is 4.74 Å². The van der Waals surface area contributed by atoms with Crippen LogP contribution < -0.4 is 15.4 Å². The van der Waals surface area contributed by atoms with Gasteiger partial charge in [0.25, 0.3) is 0 Å². The molecular weight excluding hydrogens is 360 g/mol. The summed E-state index contributed by atoms with van der Waals surface area (Å²) < 4.78 is 7.97. The lowest BCUT2D eigenvalue weighted by Crippen LogP contribution is -2.42. The maximum atomic E-state index is 6.01. The molecule has 146 valence electrons. The van der Waals surface area contributed by atoms with Crippen LogP contribution in [0.5, 0.6) is 5.75 Å². The average Bonchev–Trinajstić information content (AvgIpc) is 3.24. The molecule has 0 bridgehead atoms. The van der Waals surface area contributed by atoms with Crippen LogP contribution >= 0.6 is 11.8 Å². The van der Waals surface area contributed by atoms with E-state index in [1.165, 1.54) is 5.56 Å². The van der Waals surface area contributed by atoms with Gasteiger partial charge in [-0.1, -0.05) is 18.2 Å². The molecule has 1 aliphatic heterocycles. The zero-order valence-electron chi connectivity index (χ0n) is 16.2. The van der Waals surface area contributed by atoms with Gasteiger partial charge in [0.1, 0.15) is 24.2 Å². The minimum atomic E-state index is 0.123. The molecule has 0 fully saturated rings. The van der Waals surface area contributed by atoms with Gasteiger partial charge in [-0.2, -0.15) is 11.8 Å². The van der Waals surface area contributed by atoms with Crippen molar-refractivity contribution < 1.29 is 4.74 Å². The highest BCUT2D eigenvalue weighted by molar-refractivity contribution is 7.98. The first-order valence-corrected chi connectivity index (χ1v) is 10.7. The number of thioether (sulfide) groups is 1. The largest absolute Gasteiger partial charge is 0.488 e. The van der Waals surface area contributed by atoms with Crippen molar-refractivity contribution in [2.45, 2.75) is 32.4 Å². The molecule has 2 aromatic rings. The fraction of sp³-hybridized carbons (Fsp3) is 0.526. The normalized spacial score (nSPS) is 16.1. The van der Waals surface area contributed by atoms with Gasteiger partial charge in [-0.05, 0) is 37.0 Å². The molecule has 8 heteroatoms. The summed E-state index contributed by atoms with van der Waals surface area (Å²) in [5.74, 6) is 4.65. The van der Waals surface area contributed by atoms with Crippen molar-refractivity contribution in [1.82, 2.24) is 25.4 Å². The van der Waals surface area contributed by atoms with E-state index in [-0.39, 0.29) is 6.10 Å². The quantitative estimate of drug-likeness (QED) is 0.409. The molecular formula is C19H28N6OS. The number of guanidine groups is 1. The fourth-order valence-electron chi connectivity index (χ4n) is 2.91. The van der Waals surface area contributed by atoms with Crippen molar-refractivity contribution in [3.63, 3.8) is 0 Å². The molecule has 1 unspecified atom stereocenters. The Kier molecular flexibility index (Phi) is 6.98. The number of fused-ring (bicyclic) bond motifs is 1. The summed E-state index contributed by atoms with van der Waals surface area (Å²) in [4.78, 5) is 4.68. The van der Waals surface area contributed by atoms with Gasteiger partial charge in [0.15, 0.2) is 11.8 Å². The Morgan fingerprint density at radius 1 is 1.33 bits per heavy atom. The molecule has 2 N–H and O–H groups in total. The van der Waals surface area contributed by atoms with E-state index >= 15 is 0 Å². The number of rotatable bonds is 8.